The standard InChI is InChI=1S/C13H15N3O/c1-17-13-8-4-7-12(16-13)15-11-6-3-2-5-10(11)9-14/h2-8H,9,14H2,1H3,(H,15,16). The molecule has 0 radical (unpaired) electrons. The van der Waals surface area contributed by atoms with Gasteiger partial charge < -0.3 is 15.8 Å². The quantitative estimate of drug-likeness (QED) is 0.844. The lowest BCUT2D eigenvalue weighted by molar-refractivity contribution is 0.398. The van der Waals surface area contributed by atoms with Crippen LogP contribution in [0.5, 0.6) is 5.88 Å². The van der Waals surface area contributed by atoms with Crippen LogP contribution in [0.3, 0.4) is 0 Å². The van der Waals surface area contributed by atoms with E-state index in [0.29, 0.717) is 12.4 Å². The minimum Gasteiger partial charge on any atom is -0.481 e. The van der Waals surface area contributed by atoms with Gasteiger partial charge in [0.15, 0.2) is 0 Å². The minimum absolute atomic E-state index is 0.493. The van der Waals surface area contributed by atoms with Crippen LogP contribution in [0, 0.1) is 0 Å². The van der Waals surface area contributed by atoms with Crippen LogP contribution in [0.1, 0.15) is 5.56 Å². The monoisotopic (exact) mass is 229 g/mol. The smallest absolute Gasteiger partial charge is 0.214 e. The molecule has 0 fully saturated rings. The molecule has 2 rings (SSSR count). The van der Waals surface area contributed by atoms with Crippen molar-refractivity contribution in [3.05, 3.63) is 48.0 Å². The topological polar surface area (TPSA) is 60.2 Å². The Morgan fingerprint density at radius 3 is 2.76 bits per heavy atom. The van der Waals surface area contributed by atoms with Crippen LogP contribution in [0.15, 0.2) is 42.5 Å². The lowest BCUT2D eigenvalue weighted by Crippen LogP contribution is -2.02. The number of hydrogen-bond acceptors (Lipinski definition) is 4. The molecule has 4 heteroatoms. The molecule has 0 aliphatic heterocycles. The summed E-state index contributed by atoms with van der Waals surface area (Å²) in [5, 5.41) is 3.23. The van der Waals surface area contributed by atoms with Crippen molar-refractivity contribution in [1.82, 2.24) is 4.98 Å². The van der Waals surface area contributed by atoms with Gasteiger partial charge in [-0.05, 0) is 17.7 Å². The molecule has 1 aromatic carbocycles. The maximum absolute atomic E-state index is 5.68. The fraction of sp³-hybridized carbons (Fsp3) is 0.154. The maximum Gasteiger partial charge on any atom is 0.214 e. The molecule has 0 amide bonds. The summed E-state index contributed by atoms with van der Waals surface area (Å²) in [5.41, 5.74) is 7.70. The molecule has 0 spiro atoms. The molecule has 1 heterocycles. The number of methoxy groups -OCH3 is 1. The highest BCUT2D eigenvalue weighted by atomic mass is 16.5. The van der Waals surface area contributed by atoms with Crippen molar-refractivity contribution >= 4 is 11.5 Å². The molecule has 0 atom stereocenters. The van der Waals surface area contributed by atoms with E-state index in [9.17, 15) is 0 Å². The van der Waals surface area contributed by atoms with Gasteiger partial charge in [0.1, 0.15) is 5.82 Å². The molecule has 1 aromatic heterocycles. The van der Waals surface area contributed by atoms with E-state index in [1.807, 2.05) is 36.4 Å². The van der Waals surface area contributed by atoms with Crippen LogP contribution in [-0.2, 0) is 6.54 Å². The van der Waals surface area contributed by atoms with Crippen LogP contribution in [0.4, 0.5) is 11.5 Å². The second kappa shape index (κ2) is 5.32. The summed E-state index contributed by atoms with van der Waals surface area (Å²) >= 11 is 0. The summed E-state index contributed by atoms with van der Waals surface area (Å²) in [6.45, 7) is 0.493. The van der Waals surface area contributed by atoms with E-state index in [4.69, 9.17) is 10.5 Å². The second-order valence-electron chi connectivity index (χ2n) is 3.55. The van der Waals surface area contributed by atoms with Gasteiger partial charge in [-0.25, -0.2) is 0 Å². The molecule has 3 N–H and O–H groups in total. The molecule has 0 aliphatic rings. The van der Waals surface area contributed by atoms with Crippen LogP contribution in [-0.4, -0.2) is 12.1 Å². The first kappa shape index (κ1) is 11.4. The minimum atomic E-state index is 0.493. The zero-order chi connectivity index (χ0) is 12.1. The van der Waals surface area contributed by atoms with Gasteiger partial charge in [-0.1, -0.05) is 24.3 Å². The number of nitrogens with zero attached hydrogens (tertiary/aromatic N) is 1. The number of para-hydroxylation sites is 1. The highest BCUT2D eigenvalue weighted by Crippen LogP contribution is 2.20. The second-order valence-corrected chi connectivity index (χ2v) is 3.55. The fourth-order valence-electron chi connectivity index (χ4n) is 1.56. The van der Waals surface area contributed by atoms with E-state index in [-0.39, 0.29) is 0 Å². The molecular formula is C13H15N3O. The van der Waals surface area contributed by atoms with Crippen LogP contribution in [0.25, 0.3) is 0 Å². The van der Waals surface area contributed by atoms with E-state index in [0.717, 1.165) is 17.1 Å². The van der Waals surface area contributed by atoms with Crippen LogP contribution < -0.4 is 15.8 Å². The fourth-order valence-corrected chi connectivity index (χ4v) is 1.56. The van der Waals surface area contributed by atoms with E-state index in [1.54, 1.807) is 13.2 Å². The summed E-state index contributed by atoms with van der Waals surface area (Å²) in [4.78, 5) is 4.29. The van der Waals surface area contributed by atoms with Gasteiger partial charge in [0.05, 0.1) is 7.11 Å². The maximum atomic E-state index is 5.68. The predicted molar refractivity (Wildman–Crippen MR) is 68.4 cm³/mol. The number of rotatable bonds is 4. The number of benzene rings is 1. The molecule has 17 heavy (non-hydrogen) atoms. The Labute approximate surface area is 100 Å². The molecule has 0 aliphatic carbocycles. The zero-order valence-corrected chi connectivity index (χ0v) is 9.68. The number of hydrogen-bond donors (Lipinski definition) is 2. The summed E-state index contributed by atoms with van der Waals surface area (Å²) < 4.78 is 5.07. The number of nitrogens with one attached hydrogen (secondary N) is 1. The van der Waals surface area contributed by atoms with Crippen LogP contribution >= 0.6 is 0 Å². The Morgan fingerprint density at radius 2 is 2.00 bits per heavy atom. The number of nitrogens with two attached hydrogens (primary N) is 1. The summed E-state index contributed by atoms with van der Waals surface area (Å²) in [5.74, 6) is 1.32. The van der Waals surface area contributed by atoms with E-state index < -0.39 is 0 Å². The van der Waals surface area contributed by atoms with E-state index in [1.165, 1.54) is 0 Å². The van der Waals surface area contributed by atoms with Gasteiger partial charge in [0.25, 0.3) is 0 Å². The highest BCUT2D eigenvalue weighted by molar-refractivity contribution is 5.60. The van der Waals surface area contributed by atoms with E-state index in [2.05, 4.69) is 10.3 Å². The molecule has 0 unspecified atom stereocenters. The first-order valence-corrected chi connectivity index (χ1v) is 5.39. The highest BCUT2D eigenvalue weighted by Gasteiger charge is 2.02. The summed E-state index contributed by atoms with van der Waals surface area (Å²) in [7, 11) is 1.60. The third-order valence-electron chi connectivity index (χ3n) is 2.43. The summed E-state index contributed by atoms with van der Waals surface area (Å²) in [6, 6.07) is 13.5. The van der Waals surface area contributed by atoms with Crippen molar-refractivity contribution in [2.45, 2.75) is 6.54 Å². The lowest BCUT2D eigenvalue weighted by atomic mass is 10.2. The predicted octanol–water partition coefficient (Wildman–Crippen LogP) is 2.29. The molecule has 0 saturated heterocycles. The lowest BCUT2D eigenvalue weighted by Gasteiger charge is -2.10. The molecule has 0 saturated carbocycles. The number of anilines is 2. The van der Waals surface area contributed by atoms with Crippen molar-refractivity contribution in [2.75, 3.05) is 12.4 Å². The Kier molecular flexibility index (Phi) is 3.57. The van der Waals surface area contributed by atoms with Gasteiger partial charge in [-0.3, -0.25) is 0 Å². The average Bonchev–Trinajstić information content (AvgIpc) is 2.39. The Balaban J connectivity index is 2.24. The summed E-state index contributed by atoms with van der Waals surface area (Å²) in [6.07, 6.45) is 0. The Morgan fingerprint density at radius 1 is 1.18 bits per heavy atom. The number of aromatic nitrogens is 1. The van der Waals surface area contributed by atoms with Crippen molar-refractivity contribution in [1.29, 1.82) is 0 Å². The van der Waals surface area contributed by atoms with Crippen LogP contribution in [0.2, 0.25) is 0 Å². The molecular weight excluding hydrogens is 214 g/mol. The molecule has 0 bridgehead atoms. The van der Waals surface area contributed by atoms with Crippen molar-refractivity contribution in [3.8, 4) is 5.88 Å². The molecule has 88 valence electrons. The number of ether oxygens (including phenoxy) is 1. The molecule has 2 aromatic rings. The zero-order valence-electron chi connectivity index (χ0n) is 9.68. The first-order valence-electron chi connectivity index (χ1n) is 5.39. The Bertz CT molecular complexity index is 500. The number of pyridine rings is 1. The van der Waals surface area contributed by atoms with Gasteiger partial charge in [0.2, 0.25) is 5.88 Å². The van der Waals surface area contributed by atoms with E-state index >= 15 is 0 Å². The largest absolute Gasteiger partial charge is 0.481 e. The van der Waals surface area contributed by atoms with Crippen molar-refractivity contribution < 1.29 is 4.74 Å². The van der Waals surface area contributed by atoms with Gasteiger partial charge in [-0.15, -0.1) is 0 Å². The molecule has 4 nitrogen and oxygen atoms in total. The van der Waals surface area contributed by atoms with Gasteiger partial charge in [-0.2, -0.15) is 4.98 Å². The average molecular weight is 229 g/mol. The first-order chi connectivity index (χ1) is 8.33. The van der Waals surface area contributed by atoms with Gasteiger partial charge >= 0.3 is 0 Å². The third kappa shape index (κ3) is 2.73. The normalized spacial score (nSPS) is 10.0. The SMILES string of the molecule is COc1cccc(Nc2ccccc2CN)n1. The van der Waals surface area contributed by atoms with Gasteiger partial charge in [0, 0.05) is 18.3 Å². The third-order valence-corrected chi connectivity index (χ3v) is 2.43. The van der Waals surface area contributed by atoms with Crippen molar-refractivity contribution in [2.24, 2.45) is 5.73 Å². The van der Waals surface area contributed by atoms with Crippen molar-refractivity contribution in [3.63, 3.8) is 0 Å². The Hall–Kier alpha value is -2.07.